The highest BCUT2D eigenvalue weighted by molar-refractivity contribution is 5.85. The Morgan fingerprint density at radius 1 is 1.35 bits per heavy atom. The third-order valence-electron chi connectivity index (χ3n) is 3.55. The summed E-state index contributed by atoms with van der Waals surface area (Å²) in [7, 11) is 0. The van der Waals surface area contributed by atoms with Gasteiger partial charge in [-0.15, -0.1) is 31.4 Å². The van der Waals surface area contributed by atoms with Crippen molar-refractivity contribution in [3.8, 4) is 0 Å². The van der Waals surface area contributed by atoms with E-state index in [0.29, 0.717) is 6.04 Å². The summed E-state index contributed by atoms with van der Waals surface area (Å²) in [5.74, 6) is -0.128. The van der Waals surface area contributed by atoms with E-state index in [1.165, 1.54) is 5.56 Å². The molecule has 1 saturated heterocycles. The van der Waals surface area contributed by atoms with Gasteiger partial charge in [0.15, 0.2) is 0 Å². The zero-order valence-electron chi connectivity index (χ0n) is 11.8. The van der Waals surface area contributed by atoms with Crippen LogP contribution in [0, 0.1) is 12.7 Å². The van der Waals surface area contributed by atoms with Gasteiger partial charge in [-0.1, -0.05) is 18.2 Å². The average Bonchev–Trinajstić information content (AvgIpc) is 2.40. The number of rotatable bonds is 4. The third-order valence-corrected chi connectivity index (χ3v) is 3.55. The zero-order chi connectivity index (χ0) is 13.0. The molecule has 0 saturated carbocycles. The molecule has 2 nitrogen and oxygen atoms in total. The van der Waals surface area contributed by atoms with Crippen LogP contribution in [0.4, 0.5) is 4.39 Å². The first-order valence-corrected chi connectivity index (χ1v) is 6.54. The van der Waals surface area contributed by atoms with Crippen LogP contribution in [0.2, 0.25) is 0 Å². The maximum absolute atomic E-state index is 13.3. The quantitative estimate of drug-likeness (QED) is 0.854. The lowest BCUT2D eigenvalue weighted by Crippen LogP contribution is -2.45. The molecule has 1 aromatic rings. The number of aryl methyl sites for hydroxylation is 1. The van der Waals surface area contributed by atoms with Crippen LogP contribution in [-0.4, -0.2) is 31.1 Å². The molecule has 114 valence electrons. The fourth-order valence-electron chi connectivity index (χ4n) is 2.52. The normalized spacial score (nSPS) is 16.7. The molecule has 0 amide bonds. The van der Waals surface area contributed by atoms with Gasteiger partial charge in [0.25, 0.3) is 0 Å². The molecule has 0 radical (unpaired) electrons. The predicted octanol–water partition coefficient (Wildman–Crippen LogP) is 3.50. The van der Waals surface area contributed by atoms with E-state index in [1.54, 1.807) is 6.07 Å². The Morgan fingerprint density at radius 3 is 2.55 bits per heavy atom. The molecule has 1 heterocycles. The molecule has 1 N–H and O–H groups in total. The molecule has 0 bridgehead atoms. The highest BCUT2D eigenvalue weighted by Crippen LogP contribution is 2.26. The first kappa shape index (κ1) is 19.4. The van der Waals surface area contributed by atoms with Gasteiger partial charge in [-0.3, -0.25) is 4.90 Å². The van der Waals surface area contributed by atoms with E-state index in [-0.39, 0.29) is 30.6 Å². The minimum absolute atomic E-state index is 0. The van der Waals surface area contributed by atoms with Crippen molar-refractivity contribution in [1.82, 2.24) is 10.2 Å². The summed E-state index contributed by atoms with van der Waals surface area (Å²) in [5.41, 5.74) is 1.91. The monoisotopic (exact) mass is 320 g/mol. The second-order valence-electron chi connectivity index (χ2n) is 4.83. The smallest absolute Gasteiger partial charge is 0.126 e. The summed E-state index contributed by atoms with van der Waals surface area (Å²) in [6.45, 7) is 9.78. The van der Waals surface area contributed by atoms with Gasteiger partial charge in [0, 0.05) is 32.2 Å². The maximum Gasteiger partial charge on any atom is 0.126 e. The van der Waals surface area contributed by atoms with Crippen LogP contribution in [-0.2, 0) is 0 Å². The molecule has 2 rings (SSSR count). The van der Waals surface area contributed by atoms with E-state index >= 15 is 0 Å². The second-order valence-corrected chi connectivity index (χ2v) is 4.83. The lowest BCUT2D eigenvalue weighted by molar-refractivity contribution is 0.174. The molecule has 0 aromatic heterocycles. The van der Waals surface area contributed by atoms with Crippen molar-refractivity contribution in [3.05, 3.63) is 47.8 Å². The summed E-state index contributed by atoms with van der Waals surface area (Å²) in [5, 5.41) is 3.36. The lowest BCUT2D eigenvalue weighted by atomic mass is 9.99. The summed E-state index contributed by atoms with van der Waals surface area (Å²) in [6.07, 6.45) is 2.86. The largest absolute Gasteiger partial charge is 0.314 e. The van der Waals surface area contributed by atoms with Crippen molar-refractivity contribution >= 4 is 24.8 Å². The molecule has 1 atom stereocenters. The fraction of sp³-hybridized carbons (Fsp3) is 0.467. The molecule has 1 aliphatic heterocycles. The summed E-state index contributed by atoms with van der Waals surface area (Å²) in [4.78, 5) is 2.45. The highest BCUT2D eigenvalue weighted by Gasteiger charge is 2.21. The maximum atomic E-state index is 13.3. The van der Waals surface area contributed by atoms with E-state index in [1.807, 2.05) is 25.1 Å². The number of nitrogens with one attached hydrogen (secondary N) is 1. The molecule has 1 fully saturated rings. The van der Waals surface area contributed by atoms with Gasteiger partial charge in [-0.05, 0) is 30.5 Å². The van der Waals surface area contributed by atoms with E-state index in [2.05, 4.69) is 16.8 Å². The van der Waals surface area contributed by atoms with E-state index in [0.717, 1.165) is 38.2 Å². The third kappa shape index (κ3) is 4.74. The number of piperazine rings is 1. The van der Waals surface area contributed by atoms with Crippen LogP contribution in [0.15, 0.2) is 30.9 Å². The van der Waals surface area contributed by atoms with Crippen LogP contribution in [0.5, 0.6) is 0 Å². The van der Waals surface area contributed by atoms with Crippen molar-refractivity contribution in [2.75, 3.05) is 26.2 Å². The molecule has 5 heteroatoms. The highest BCUT2D eigenvalue weighted by atomic mass is 35.5. The summed E-state index contributed by atoms with van der Waals surface area (Å²) >= 11 is 0. The van der Waals surface area contributed by atoms with Gasteiger partial charge in [0.2, 0.25) is 0 Å². The first-order valence-electron chi connectivity index (χ1n) is 6.54. The molecule has 0 spiro atoms. The van der Waals surface area contributed by atoms with Crippen LogP contribution in [0.25, 0.3) is 0 Å². The number of halogens is 3. The molecule has 0 unspecified atom stereocenters. The molecule has 1 aliphatic rings. The molecule has 1 aromatic carbocycles. The second kappa shape index (κ2) is 9.35. The van der Waals surface area contributed by atoms with Gasteiger partial charge >= 0.3 is 0 Å². The SMILES string of the molecule is C=CC[C@H](c1ccc(F)c(C)c1)N1CCNCC1.Cl.Cl. The molecular weight excluding hydrogens is 298 g/mol. The van der Waals surface area contributed by atoms with Crippen LogP contribution < -0.4 is 5.32 Å². The minimum atomic E-state index is -0.128. The van der Waals surface area contributed by atoms with E-state index < -0.39 is 0 Å². The van der Waals surface area contributed by atoms with Crippen molar-refractivity contribution in [1.29, 1.82) is 0 Å². The zero-order valence-corrected chi connectivity index (χ0v) is 13.4. The molecule has 20 heavy (non-hydrogen) atoms. The lowest BCUT2D eigenvalue weighted by Gasteiger charge is -2.35. The van der Waals surface area contributed by atoms with Crippen molar-refractivity contribution in [2.45, 2.75) is 19.4 Å². The topological polar surface area (TPSA) is 15.3 Å². The van der Waals surface area contributed by atoms with E-state index in [9.17, 15) is 4.39 Å². The minimum Gasteiger partial charge on any atom is -0.314 e. The Morgan fingerprint density at radius 2 is 2.00 bits per heavy atom. The Balaban J connectivity index is 0.00000180. The van der Waals surface area contributed by atoms with Gasteiger partial charge < -0.3 is 5.32 Å². The van der Waals surface area contributed by atoms with Gasteiger partial charge in [-0.25, -0.2) is 4.39 Å². The number of hydrogen-bond donors (Lipinski definition) is 1. The van der Waals surface area contributed by atoms with Gasteiger partial charge in [0.1, 0.15) is 5.82 Å². The van der Waals surface area contributed by atoms with Crippen LogP contribution >= 0.6 is 24.8 Å². The summed E-state index contributed by atoms with van der Waals surface area (Å²) < 4.78 is 13.3. The standard InChI is InChI=1S/C15H21FN2.2ClH/c1-3-4-15(18-9-7-17-8-10-18)13-5-6-14(16)12(2)11-13;;/h3,5-6,11,15,17H,1,4,7-10H2,2H3;2*1H/t15-;;/m1../s1. The molecular formula is C15H23Cl2FN2. The van der Waals surface area contributed by atoms with Crippen LogP contribution in [0.3, 0.4) is 0 Å². The van der Waals surface area contributed by atoms with Crippen molar-refractivity contribution in [3.63, 3.8) is 0 Å². The fourth-order valence-corrected chi connectivity index (χ4v) is 2.52. The average molecular weight is 321 g/mol. The molecule has 0 aliphatic carbocycles. The number of nitrogens with zero attached hydrogens (tertiary/aromatic N) is 1. The Kier molecular flexibility index (Phi) is 9.06. The van der Waals surface area contributed by atoms with Crippen molar-refractivity contribution < 1.29 is 4.39 Å². The predicted molar refractivity (Wildman–Crippen MR) is 87.6 cm³/mol. The number of benzene rings is 1. The Bertz CT molecular complexity index is 420. The van der Waals surface area contributed by atoms with Crippen molar-refractivity contribution in [2.24, 2.45) is 0 Å². The first-order chi connectivity index (χ1) is 8.72. The summed E-state index contributed by atoms with van der Waals surface area (Å²) in [6, 6.07) is 5.76. The Labute approximate surface area is 133 Å². The van der Waals surface area contributed by atoms with E-state index in [4.69, 9.17) is 0 Å². The van der Waals surface area contributed by atoms with Gasteiger partial charge in [0.05, 0.1) is 0 Å². The van der Waals surface area contributed by atoms with Gasteiger partial charge in [-0.2, -0.15) is 0 Å². The Hall–Kier alpha value is -0.610. The van der Waals surface area contributed by atoms with Crippen LogP contribution in [0.1, 0.15) is 23.6 Å². The number of hydrogen-bond acceptors (Lipinski definition) is 2.